The molecule has 0 aliphatic rings. The fraction of sp³-hybridized carbons (Fsp3) is 0.222. The summed E-state index contributed by atoms with van der Waals surface area (Å²) in [7, 11) is 0. The maximum absolute atomic E-state index is 12.5. The second-order valence-corrected chi connectivity index (χ2v) is 5.61. The van der Waals surface area contributed by atoms with E-state index < -0.39 is 0 Å². The van der Waals surface area contributed by atoms with E-state index >= 15 is 0 Å². The number of carbonyl (C=O) groups excluding carboxylic acids is 1. The van der Waals surface area contributed by atoms with E-state index in [0.717, 1.165) is 11.3 Å². The van der Waals surface area contributed by atoms with Gasteiger partial charge in [-0.25, -0.2) is 9.97 Å². The quantitative estimate of drug-likeness (QED) is 0.764. The number of nitrogens with one attached hydrogen (secondary N) is 1. The maximum Gasteiger partial charge on any atom is 0.321 e. The molecule has 7 heteroatoms. The molecule has 0 radical (unpaired) electrons. The summed E-state index contributed by atoms with van der Waals surface area (Å²) in [6, 6.07) is 9.01. The van der Waals surface area contributed by atoms with Crippen molar-refractivity contribution in [2.24, 2.45) is 0 Å². The second-order valence-electron chi connectivity index (χ2n) is 5.61. The highest BCUT2D eigenvalue weighted by Crippen LogP contribution is 2.26. The third-order valence-electron chi connectivity index (χ3n) is 3.77. The molecule has 0 saturated heterocycles. The van der Waals surface area contributed by atoms with Crippen molar-refractivity contribution >= 4 is 11.6 Å². The number of hydrogen-bond donors (Lipinski definition) is 1. The van der Waals surface area contributed by atoms with Crippen molar-refractivity contribution in [3.05, 3.63) is 59.7 Å². The van der Waals surface area contributed by atoms with Crippen molar-refractivity contribution < 1.29 is 14.1 Å². The Morgan fingerprint density at radius 1 is 1.20 bits per heavy atom. The highest BCUT2D eigenvalue weighted by molar-refractivity contribution is 5.96. The van der Waals surface area contributed by atoms with Gasteiger partial charge in [-0.05, 0) is 39.0 Å². The number of aryl methyl sites for hydroxylation is 2. The monoisotopic (exact) mass is 338 g/mol. The van der Waals surface area contributed by atoms with E-state index in [-0.39, 0.29) is 17.8 Å². The van der Waals surface area contributed by atoms with Crippen LogP contribution in [0.15, 0.2) is 47.2 Å². The third kappa shape index (κ3) is 3.82. The van der Waals surface area contributed by atoms with Crippen LogP contribution in [0, 0.1) is 13.8 Å². The fourth-order valence-corrected chi connectivity index (χ4v) is 2.57. The van der Waals surface area contributed by atoms with Crippen LogP contribution < -0.4 is 10.1 Å². The number of aromatic nitrogens is 3. The Kier molecular flexibility index (Phi) is 4.74. The molecule has 1 N–H and O–H groups in total. The number of ether oxygens (including phenoxy) is 1. The Labute approximate surface area is 145 Å². The van der Waals surface area contributed by atoms with Gasteiger partial charge in [0.05, 0.1) is 11.6 Å². The zero-order valence-electron chi connectivity index (χ0n) is 14.2. The van der Waals surface area contributed by atoms with Gasteiger partial charge in [0, 0.05) is 29.7 Å². The van der Waals surface area contributed by atoms with Gasteiger partial charge < -0.3 is 14.6 Å². The summed E-state index contributed by atoms with van der Waals surface area (Å²) in [5.41, 5.74) is 2.15. The summed E-state index contributed by atoms with van der Waals surface area (Å²) in [5.74, 6) is 0.656. The van der Waals surface area contributed by atoms with Crippen LogP contribution in [0.5, 0.6) is 11.8 Å². The molecule has 1 atom stereocenters. The molecule has 0 bridgehead atoms. The molecule has 0 saturated carbocycles. The summed E-state index contributed by atoms with van der Waals surface area (Å²) in [6.07, 6.45) is 3.19. The Bertz CT molecular complexity index is 858. The van der Waals surface area contributed by atoms with Crippen LogP contribution in [0.1, 0.15) is 29.9 Å². The summed E-state index contributed by atoms with van der Waals surface area (Å²) in [5, 5.41) is 6.78. The Morgan fingerprint density at radius 3 is 2.64 bits per heavy atom. The van der Waals surface area contributed by atoms with Crippen LogP contribution in [-0.2, 0) is 4.79 Å². The lowest BCUT2D eigenvalue weighted by atomic mass is 9.98. The lowest BCUT2D eigenvalue weighted by Gasteiger charge is -2.13. The molecule has 1 aromatic carbocycles. The molecule has 3 aromatic rings. The van der Waals surface area contributed by atoms with Gasteiger partial charge in [0.25, 0.3) is 0 Å². The summed E-state index contributed by atoms with van der Waals surface area (Å²) in [6.45, 7) is 5.44. The number of benzene rings is 1. The van der Waals surface area contributed by atoms with Crippen LogP contribution >= 0.6 is 0 Å². The second kappa shape index (κ2) is 7.12. The molecule has 0 fully saturated rings. The van der Waals surface area contributed by atoms with E-state index in [1.807, 2.05) is 13.8 Å². The minimum atomic E-state index is -0.381. The average molecular weight is 338 g/mol. The number of rotatable bonds is 5. The van der Waals surface area contributed by atoms with Crippen molar-refractivity contribution in [2.75, 3.05) is 5.32 Å². The topological polar surface area (TPSA) is 90.1 Å². The first kappa shape index (κ1) is 16.6. The first-order valence-electron chi connectivity index (χ1n) is 7.83. The Balaban J connectivity index is 1.72. The number of hydrogen-bond acceptors (Lipinski definition) is 6. The van der Waals surface area contributed by atoms with Crippen LogP contribution in [0.4, 0.5) is 5.69 Å². The molecule has 0 unspecified atom stereocenters. The van der Waals surface area contributed by atoms with Gasteiger partial charge in [0.15, 0.2) is 0 Å². The highest BCUT2D eigenvalue weighted by Gasteiger charge is 2.23. The van der Waals surface area contributed by atoms with Gasteiger partial charge in [-0.3, -0.25) is 4.79 Å². The molecule has 3 rings (SSSR count). The largest absolute Gasteiger partial charge is 0.424 e. The Hall–Kier alpha value is -3.22. The maximum atomic E-state index is 12.5. The van der Waals surface area contributed by atoms with Gasteiger partial charge in [-0.1, -0.05) is 11.2 Å². The molecular formula is C18H18N4O3. The predicted octanol–water partition coefficient (Wildman–Crippen LogP) is 3.62. The molecule has 0 aliphatic heterocycles. The van der Waals surface area contributed by atoms with Crippen molar-refractivity contribution in [3.8, 4) is 11.8 Å². The molecule has 128 valence electrons. The zero-order chi connectivity index (χ0) is 17.8. The van der Waals surface area contributed by atoms with Gasteiger partial charge in [0.1, 0.15) is 11.5 Å². The van der Waals surface area contributed by atoms with E-state index in [1.165, 1.54) is 0 Å². The van der Waals surface area contributed by atoms with Crippen LogP contribution in [-0.4, -0.2) is 21.0 Å². The van der Waals surface area contributed by atoms with Gasteiger partial charge in [-0.15, -0.1) is 0 Å². The van der Waals surface area contributed by atoms with Crippen molar-refractivity contribution in [3.63, 3.8) is 0 Å². The highest BCUT2D eigenvalue weighted by atomic mass is 16.5. The predicted molar refractivity (Wildman–Crippen MR) is 91.6 cm³/mol. The molecule has 2 aromatic heterocycles. The molecule has 7 nitrogen and oxygen atoms in total. The summed E-state index contributed by atoms with van der Waals surface area (Å²) >= 11 is 0. The lowest BCUT2D eigenvalue weighted by Crippen LogP contribution is -2.19. The van der Waals surface area contributed by atoms with E-state index in [4.69, 9.17) is 9.26 Å². The third-order valence-corrected chi connectivity index (χ3v) is 3.77. The molecule has 2 heterocycles. The standard InChI is InChI=1S/C18H18N4O3/c1-11(16-12(2)22-25-13(16)3)17(23)21-14-6-4-7-15(10-14)24-18-19-8-5-9-20-18/h4-11H,1-3H3,(H,21,23)/t11-/m1/s1. The van der Waals surface area contributed by atoms with Crippen molar-refractivity contribution in [2.45, 2.75) is 26.7 Å². The van der Waals surface area contributed by atoms with Gasteiger partial charge >= 0.3 is 6.01 Å². The molecule has 0 spiro atoms. The first-order valence-corrected chi connectivity index (χ1v) is 7.83. The number of anilines is 1. The number of amides is 1. The van der Waals surface area contributed by atoms with Crippen molar-refractivity contribution in [1.82, 2.24) is 15.1 Å². The minimum absolute atomic E-state index is 0.150. The first-order chi connectivity index (χ1) is 12.0. The molecule has 25 heavy (non-hydrogen) atoms. The summed E-state index contributed by atoms with van der Waals surface area (Å²) < 4.78 is 10.7. The minimum Gasteiger partial charge on any atom is -0.424 e. The van der Waals surface area contributed by atoms with Gasteiger partial charge in [0.2, 0.25) is 5.91 Å². The van der Waals surface area contributed by atoms with Crippen LogP contribution in [0.25, 0.3) is 0 Å². The number of nitrogens with zero attached hydrogens (tertiary/aromatic N) is 3. The SMILES string of the molecule is Cc1noc(C)c1[C@@H](C)C(=O)Nc1cccc(Oc2ncccn2)c1. The summed E-state index contributed by atoms with van der Waals surface area (Å²) in [4.78, 5) is 20.6. The zero-order valence-corrected chi connectivity index (χ0v) is 14.2. The lowest BCUT2D eigenvalue weighted by molar-refractivity contribution is -0.117. The normalized spacial score (nSPS) is 11.8. The van der Waals surface area contributed by atoms with Crippen molar-refractivity contribution in [1.29, 1.82) is 0 Å². The number of carbonyl (C=O) groups is 1. The van der Waals surface area contributed by atoms with E-state index in [1.54, 1.807) is 49.6 Å². The van der Waals surface area contributed by atoms with E-state index in [9.17, 15) is 4.79 Å². The van der Waals surface area contributed by atoms with E-state index in [0.29, 0.717) is 17.2 Å². The Morgan fingerprint density at radius 2 is 1.96 bits per heavy atom. The average Bonchev–Trinajstić information content (AvgIpc) is 2.94. The van der Waals surface area contributed by atoms with Gasteiger partial charge in [-0.2, -0.15) is 0 Å². The molecular weight excluding hydrogens is 320 g/mol. The smallest absolute Gasteiger partial charge is 0.321 e. The van der Waals surface area contributed by atoms with E-state index in [2.05, 4.69) is 20.4 Å². The van der Waals surface area contributed by atoms with Crippen LogP contribution in [0.2, 0.25) is 0 Å². The molecule has 1 amide bonds. The molecule has 0 aliphatic carbocycles. The van der Waals surface area contributed by atoms with Crippen LogP contribution in [0.3, 0.4) is 0 Å². The fourth-order valence-electron chi connectivity index (χ4n) is 2.57.